The number of benzene rings is 1. The number of aliphatic hydroxyl groups is 2. The van der Waals surface area contributed by atoms with Crippen LogP contribution in [0.1, 0.15) is 23.7 Å². The van der Waals surface area contributed by atoms with E-state index in [1.165, 1.54) is 12.1 Å². The van der Waals surface area contributed by atoms with Crippen LogP contribution in [-0.2, 0) is 11.2 Å². The number of aliphatic carboxylic acids is 1. The third kappa shape index (κ3) is 4.19. The summed E-state index contributed by atoms with van der Waals surface area (Å²) in [5, 5.41) is 39.1. The lowest BCUT2D eigenvalue weighted by Crippen LogP contribution is -2.19. The van der Waals surface area contributed by atoms with Gasteiger partial charge in [0.2, 0.25) is 0 Å². The summed E-state index contributed by atoms with van der Waals surface area (Å²) in [6.45, 7) is 0. The summed E-state index contributed by atoms with van der Waals surface area (Å²) in [5.74, 6) is -0.825. The average molecular weight is 301 g/mol. The van der Waals surface area contributed by atoms with Gasteiger partial charge in [-0.2, -0.15) is 12.6 Å². The summed E-state index contributed by atoms with van der Waals surface area (Å²) in [4.78, 5) is 20.9. The van der Waals surface area contributed by atoms with Crippen molar-refractivity contribution in [3.63, 3.8) is 0 Å². The first-order valence-corrected chi connectivity index (χ1v) is 6.46. The van der Waals surface area contributed by atoms with Gasteiger partial charge >= 0.3 is 5.97 Å². The Morgan fingerprint density at radius 1 is 1.40 bits per heavy atom. The molecule has 0 amide bonds. The van der Waals surface area contributed by atoms with Crippen LogP contribution in [0.3, 0.4) is 0 Å². The topological polar surface area (TPSA) is 121 Å². The van der Waals surface area contributed by atoms with Crippen molar-refractivity contribution in [3.05, 3.63) is 39.4 Å². The van der Waals surface area contributed by atoms with Crippen molar-refractivity contribution >= 4 is 24.3 Å². The smallest absolute Gasteiger partial charge is 0.308 e. The highest BCUT2D eigenvalue weighted by Gasteiger charge is 2.23. The predicted molar refractivity (Wildman–Crippen MR) is 73.9 cm³/mol. The SMILES string of the molecule is O=C(O)Cc1ccc(C(O)C(O)CCS)cc1[N+](=O)[O-]. The first kappa shape index (κ1) is 16.4. The molecule has 110 valence electrons. The number of hydrogen-bond donors (Lipinski definition) is 4. The van der Waals surface area contributed by atoms with Crippen LogP contribution in [0.4, 0.5) is 5.69 Å². The first-order valence-electron chi connectivity index (χ1n) is 5.82. The Kier molecular flexibility index (Phi) is 5.93. The molecule has 1 aromatic rings. The van der Waals surface area contributed by atoms with Crippen molar-refractivity contribution in [2.24, 2.45) is 0 Å². The number of nitro benzene ring substituents is 1. The van der Waals surface area contributed by atoms with Gasteiger partial charge in [-0.15, -0.1) is 0 Å². The van der Waals surface area contributed by atoms with E-state index >= 15 is 0 Å². The summed E-state index contributed by atoms with van der Waals surface area (Å²) < 4.78 is 0. The van der Waals surface area contributed by atoms with E-state index in [1.807, 2.05) is 0 Å². The molecule has 0 saturated heterocycles. The molecule has 0 radical (unpaired) electrons. The molecule has 2 atom stereocenters. The molecule has 0 fully saturated rings. The minimum atomic E-state index is -1.28. The summed E-state index contributed by atoms with van der Waals surface area (Å²) in [6.07, 6.45) is -2.61. The lowest BCUT2D eigenvalue weighted by molar-refractivity contribution is -0.385. The van der Waals surface area contributed by atoms with Gasteiger partial charge in [-0.05, 0) is 17.7 Å². The Bertz CT molecular complexity index is 507. The average Bonchev–Trinajstić information content (AvgIpc) is 2.37. The van der Waals surface area contributed by atoms with E-state index in [-0.39, 0.29) is 23.2 Å². The van der Waals surface area contributed by atoms with Crippen LogP contribution in [0.5, 0.6) is 0 Å². The minimum Gasteiger partial charge on any atom is -0.481 e. The van der Waals surface area contributed by atoms with Crippen LogP contribution in [0.15, 0.2) is 18.2 Å². The third-order valence-electron chi connectivity index (χ3n) is 2.78. The van der Waals surface area contributed by atoms with Gasteiger partial charge in [-0.3, -0.25) is 14.9 Å². The molecule has 0 heterocycles. The minimum absolute atomic E-state index is 0.0436. The van der Waals surface area contributed by atoms with Gasteiger partial charge in [0, 0.05) is 11.6 Å². The van der Waals surface area contributed by atoms with Crippen LogP contribution < -0.4 is 0 Å². The number of rotatable bonds is 7. The van der Waals surface area contributed by atoms with Crippen molar-refractivity contribution in [2.75, 3.05) is 5.75 Å². The number of carboxylic acid groups (broad SMARTS) is 1. The highest BCUT2D eigenvalue weighted by Crippen LogP contribution is 2.27. The van der Waals surface area contributed by atoms with Crippen LogP contribution in [0, 0.1) is 10.1 Å². The van der Waals surface area contributed by atoms with E-state index in [4.69, 9.17) is 5.11 Å². The number of nitrogens with zero attached hydrogens (tertiary/aromatic N) is 1. The zero-order valence-electron chi connectivity index (χ0n) is 10.5. The quantitative estimate of drug-likeness (QED) is 0.338. The molecule has 0 bridgehead atoms. The fourth-order valence-corrected chi connectivity index (χ4v) is 2.02. The van der Waals surface area contributed by atoms with Crippen LogP contribution >= 0.6 is 12.6 Å². The van der Waals surface area contributed by atoms with Gasteiger partial charge < -0.3 is 15.3 Å². The highest BCUT2D eigenvalue weighted by molar-refractivity contribution is 7.80. The molecule has 1 rings (SSSR count). The molecule has 0 saturated carbocycles. The maximum atomic E-state index is 10.9. The predicted octanol–water partition coefficient (Wildman–Crippen LogP) is 0.936. The Labute approximate surface area is 120 Å². The van der Waals surface area contributed by atoms with E-state index in [9.17, 15) is 25.1 Å². The summed E-state index contributed by atoms with van der Waals surface area (Å²) in [5.41, 5.74) is -0.177. The summed E-state index contributed by atoms with van der Waals surface area (Å²) in [7, 11) is 0. The molecule has 20 heavy (non-hydrogen) atoms. The summed E-state index contributed by atoms with van der Waals surface area (Å²) in [6, 6.07) is 3.74. The molecular formula is C12H15NO6S. The second-order valence-electron chi connectivity index (χ2n) is 4.24. The largest absolute Gasteiger partial charge is 0.481 e. The molecule has 0 aliphatic rings. The van der Waals surface area contributed by atoms with Gasteiger partial charge in [0.1, 0.15) is 6.10 Å². The van der Waals surface area contributed by atoms with E-state index in [0.29, 0.717) is 5.75 Å². The van der Waals surface area contributed by atoms with E-state index in [2.05, 4.69) is 12.6 Å². The molecule has 0 spiro atoms. The molecule has 8 heteroatoms. The van der Waals surface area contributed by atoms with Crippen molar-refractivity contribution in [1.29, 1.82) is 0 Å². The van der Waals surface area contributed by atoms with Crippen molar-refractivity contribution in [3.8, 4) is 0 Å². The zero-order chi connectivity index (χ0) is 15.3. The molecule has 0 aliphatic carbocycles. The van der Waals surface area contributed by atoms with E-state index in [1.54, 1.807) is 0 Å². The normalized spacial score (nSPS) is 13.8. The Hall–Kier alpha value is -1.64. The lowest BCUT2D eigenvalue weighted by Gasteiger charge is -2.17. The molecule has 2 unspecified atom stereocenters. The maximum absolute atomic E-state index is 10.9. The number of hydrogen-bond acceptors (Lipinski definition) is 6. The number of nitro groups is 1. The second kappa shape index (κ2) is 7.22. The van der Waals surface area contributed by atoms with Gasteiger partial charge in [-0.1, -0.05) is 12.1 Å². The van der Waals surface area contributed by atoms with Crippen molar-refractivity contribution in [2.45, 2.75) is 25.0 Å². The fourth-order valence-electron chi connectivity index (χ4n) is 1.76. The maximum Gasteiger partial charge on any atom is 0.308 e. The molecule has 1 aromatic carbocycles. The van der Waals surface area contributed by atoms with Crippen LogP contribution in [-0.4, -0.2) is 38.1 Å². The van der Waals surface area contributed by atoms with Crippen molar-refractivity contribution < 1.29 is 25.0 Å². The third-order valence-corrected chi connectivity index (χ3v) is 3.04. The molecule has 0 aromatic heterocycles. The van der Waals surface area contributed by atoms with Gasteiger partial charge in [0.15, 0.2) is 0 Å². The Balaban J connectivity index is 3.09. The molecule has 3 N–H and O–H groups in total. The van der Waals surface area contributed by atoms with E-state index in [0.717, 1.165) is 6.07 Å². The lowest BCUT2D eigenvalue weighted by atomic mass is 9.99. The van der Waals surface area contributed by atoms with Crippen molar-refractivity contribution in [1.82, 2.24) is 0 Å². The van der Waals surface area contributed by atoms with Gasteiger partial charge in [-0.25, -0.2) is 0 Å². The second-order valence-corrected chi connectivity index (χ2v) is 4.69. The molecular weight excluding hydrogens is 286 g/mol. The number of carbonyl (C=O) groups is 1. The Morgan fingerprint density at radius 3 is 2.55 bits per heavy atom. The van der Waals surface area contributed by atoms with E-state index < -0.39 is 29.5 Å². The molecule has 7 nitrogen and oxygen atoms in total. The number of aliphatic hydroxyl groups excluding tert-OH is 2. The Morgan fingerprint density at radius 2 is 2.05 bits per heavy atom. The summed E-state index contributed by atoms with van der Waals surface area (Å²) >= 11 is 3.93. The first-order chi connectivity index (χ1) is 9.36. The standard InChI is InChI=1S/C12H15NO6S/c14-10(3-4-20)12(17)8-2-1-7(6-11(15)16)9(5-8)13(18)19/h1-2,5,10,12,14,17,20H,3-4,6H2,(H,15,16). The number of carboxylic acids is 1. The van der Waals surface area contributed by atoms with Crippen LogP contribution in [0.25, 0.3) is 0 Å². The zero-order valence-corrected chi connectivity index (χ0v) is 11.4. The van der Waals surface area contributed by atoms with Crippen LogP contribution in [0.2, 0.25) is 0 Å². The number of thiol groups is 1. The van der Waals surface area contributed by atoms with Gasteiger partial charge in [0.25, 0.3) is 5.69 Å². The fraction of sp³-hybridized carbons (Fsp3) is 0.417. The monoisotopic (exact) mass is 301 g/mol. The van der Waals surface area contributed by atoms with Gasteiger partial charge in [0.05, 0.1) is 17.4 Å². The highest BCUT2D eigenvalue weighted by atomic mass is 32.1. The molecule has 0 aliphatic heterocycles.